The third-order valence-electron chi connectivity index (χ3n) is 4.16. The van der Waals surface area contributed by atoms with Gasteiger partial charge in [0.05, 0.1) is 16.8 Å². The number of fused-ring (bicyclic) bond motifs is 1. The first-order chi connectivity index (χ1) is 12.4. The minimum atomic E-state index is -3.15. The molecule has 1 aromatic heterocycles. The SMILES string of the molecule is Cc1ccc(-n2c(SCCCS(=O)(=O)N(C)C)nc3ccccc32)cc1. The van der Waals surface area contributed by atoms with E-state index in [1.807, 2.05) is 18.2 Å². The standard InChI is InChI=1S/C19H23N3O2S2/c1-15-9-11-16(12-10-15)22-18-8-5-4-7-17(18)20-19(22)25-13-6-14-26(23,24)21(2)3/h4-5,7-12H,6,13-14H2,1-3H3. The Labute approximate surface area is 159 Å². The van der Waals surface area contributed by atoms with Gasteiger partial charge in [0.25, 0.3) is 0 Å². The Morgan fingerprint density at radius 3 is 2.46 bits per heavy atom. The normalized spacial score (nSPS) is 12.2. The maximum Gasteiger partial charge on any atom is 0.213 e. The van der Waals surface area contributed by atoms with Crippen molar-refractivity contribution in [3.8, 4) is 5.69 Å². The predicted molar refractivity (Wildman–Crippen MR) is 109 cm³/mol. The van der Waals surface area contributed by atoms with E-state index in [1.54, 1.807) is 25.9 Å². The Kier molecular flexibility index (Phi) is 5.70. The molecule has 0 saturated carbocycles. The Bertz CT molecular complexity index is 993. The zero-order valence-corrected chi connectivity index (χ0v) is 16.8. The highest BCUT2D eigenvalue weighted by Gasteiger charge is 2.15. The zero-order chi connectivity index (χ0) is 18.7. The maximum atomic E-state index is 11.9. The molecule has 7 heteroatoms. The van der Waals surface area contributed by atoms with E-state index in [0.29, 0.717) is 12.2 Å². The van der Waals surface area contributed by atoms with Crippen LogP contribution >= 0.6 is 11.8 Å². The van der Waals surface area contributed by atoms with Crippen LogP contribution in [0.25, 0.3) is 16.7 Å². The Hall–Kier alpha value is -1.83. The molecule has 0 spiro atoms. The van der Waals surface area contributed by atoms with E-state index in [0.717, 1.165) is 21.9 Å². The van der Waals surface area contributed by atoms with Crippen molar-refractivity contribution in [2.45, 2.75) is 18.5 Å². The average Bonchev–Trinajstić information content (AvgIpc) is 2.98. The lowest BCUT2D eigenvalue weighted by Gasteiger charge is -2.11. The van der Waals surface area contributed by atoms with Crippen LogP contribution in [-0.4, -0.2) is 47.9 Å². The molecular weight excluding hydrogens is 366 g/mol. The van der Waals surface area contributed by atoms with Gasteiger partial charge >= 0.3 is 0 Å². The zero-order valence-electron chi connectivity index (χ0n) is 15.2. The fourth-order valence-electron chi connectivity index (χ4n) is 2.63. The van der Waals surface area contributed by atoms with Crippen LogP contribution in [0, 0.1) is 6.92 Å². The molecular formula is C19H23N3O2S2. The summed E-state index contributed by atoms with van der Waals surface area (Å²) in [6.07, 6.45) is 0.586. The second kappa shape index (κ2) is 7.82. The third kappa shape index (κ3) is 4.11. The van der Waals surface area contributed by atoms with Crippen LogP contribution in [0.1, 0.15) is 12.0 Å². The predicted octanol–water partition coefficient (Wildman–Crippen LogP) is 3.71. The molecule has 0 aliphatic rings. The molecule has 0 saturated heterocycles. The number of hydrogen-bond acceptors (Lipinski definition) is 4. The second-order valence-electron chi connectivity index (χ2n) is 6.35. The summed E-state index contributed by atoms with van der Waals surface area (Å²) in [7, 11) is -0.0140. The summed E-state index contributed by atoms with van der Waals surface area (Å²) in [5.74, 6) is 0.847. The summed E-state index contributed by atoms with van der Waals surface area (Å²) in [6.45, 7) is 2.07. The minimum Gasteiger partial charge on any atom is -0.287 e. The van der Waals surface area contributed by atoms with Gasteiger partial charge in [-0.1, -0.05) is 41.6 Å². The first-order valence-electron chi connectivity index (χ1n) is 8.46. The number of nitrogens with zero attached hydrogens (tertiary/aromatic N) is 3. The van der Waals surface area contributed by atoms with Gasteiger partial charge in [-0.15, -0.1) is 0 Å². The summed E-state index contributed by atoms with van der Waals surface area (Å²) in [5, 5.41) is 0.886. The molecule has 5 nitrogen and oxygen atoms in total. The average molecular weight is 390 g/mol. The van der Waals surface area contributed by atoms with Crippen molar-refractivity contribution in [2.24, 2.45) is 0 Å². The van der Waals surface area contributed by atoms with Crippen molar-refractivity contribution in [2.75, 3.05) is 25.6 Å². The van der Waals surface area contributed by atoms with Gasteiger partial charge in [-0.25, -0.2) is 17.7 Å². The van der Waals surface area contributed by atoms with Gasteiger partial charge in [-0.05, 0) is 37.6 Å². The molecule has 1 heterocycles. The van der Waals surface area contributed by atoms with Crippen LogP contribution in [0.3, 0.4) is 0 Å². The van der Waals surface area contributed by atoms with Crippen molar-refractivity contribution >= 4 is 32.8 Å². The lowest BCUT2D eigenvalue weighted by Crippen LogP contribution is -2.25. The number of thioether (sulfide) groups is 1. The fourth-order valence-corrected chi connectivity index (χ4v) is 4.66. The van der Waals surface area contributed by atoms with Crippen molar-refractivity contribution < 1.29 is 8.42 Å². The molecule has 0 aliphatic carbocycles. The number of aromatic nitrogens is 2. The first kappa shape index (κ1) is 18.9. The highest BCUT2D eigenvalue weighted by atomic mass is 32.2. The lowest BCUT2D eigenvalue weighted by molar-refractivity contribution is 0.520. The van der Waals surface area contributed by atoms with Gasteiger partial charge < -0.3 is 0 Å². The molecule has 0 radical (unpaired) electrons. The van der Waals surface area contributed by atoms with E-state index in [4.69, 9.17) is 4.98 Å². The third-order valence-corrected chi connectivity index (χ3v) is 7.10. The van der Waals surface area contributed by atoms with Crippen molar-refractivity contribution in [3.05, 3.63) is 54.1 Å². The molecule has 0 N–H and O–H groups in total. The minimum absolute atomic E-state index is 0.151. The summed E-state index contributed by atoms with van der Waals surface area (Å²) in [5.41, 5.74) is 4.27. The molecule has 3 rings (SSSR count). The lowest BCUT2D eigenvalue weighted by atomic mass is 10.2. The molecule has 0 unspecified atom stereocenters. The molecule has 0 bridgehead atoms. The van der Waals surface area contributed by atoms with E-state index in [9.17, 15) is 8.42 Å². The number of benzene rings is 2. The van der Waals surface area contributed by atoms with Crippen LogP contribution in [0.15, 0.2) is 53.7 Å². The van der Waals surface area contributed by atoms with Crippen LogP contribution in [-0.2, 0) is 10.0 Å². The highest BCUT2D eigenvalue weighted by Crippen LogP contribution is 2.28. The van der Waals surface area contributed by atoms with Gasteiger partial charge in [0.2, 0.25) is 10.0 Å². The van der Waals surface area contributed by atoms with Gasteiger partial charge in [-0.3, -0.25) is 4.57 Å². The smallest absolute Gasteiger partial charge is 0.213 e. The van der Waals surface area contributed by atoms with E-state index < -0.39 is 10.0 Å². The van der Waals surface area contributed by atoms with E-state index in [-0.39, 0.29) is 5.75 Å². The Morgan fingerprint density at radius 1 is 1.08 bits per heavy atom. The van der Waals surface area contributed by atoms with E-state index in [1.165, 1.54) is 9.87 Å². The van der Waals surface area contributed by atoms with Crippen LogP contribution in [0.5, 0.6) is 0 Å². The number of rotatable bonds is 7. The number of sulfonamides is 1. The van der Waals surface area contributed by atoms with E-state index in [2.05, 4.69) is 41.8 Å². The summed E-state index contributed by atoms with van der Waals surface area (Å²) in [4.78, 5) is 4.75. The number of hydrogen-bond donors (Lipinski definition) is 0. The van der Waals surface area contributed by atoms with Crippen molar-refractivity contribution in [1.82, 2.24) is 13.9 Å². The fraction of sp³-hybridized carbons (Fsp3) is 0.316. The topological polar surface area (TPSA) is 55.2 Å². The van der Waals surface area contributed by atoms with Crippen molar-refractivity contribution in [3.63, 3.8) is 0 Å². The number of para-hydroxylation sites is 2. The Morgan fingerprint density at radius 2 is 1.77 bits per heavy atom. The van der Waals surface area contributed by atoms with Gasteiger partial charge in [-0.2, -0.15) is 0 Å². The first-order valence-corrected chi connectivity index (χ1v) is 11.1. The van der Waals surface area contributed by atoms with E-state index >= 15 is 0 Å². The summed E-state index contributed by atoms with van der Waals surface area (Å²) in [6, 6.07) is 16.4. The van der Waals surface area contributed by atoms with Gasteiger partial charge in [0.15, 0.2) is 5.16 Å². The van der Waals surface area contributed by atoms with Crippen LogP contribution in [0.2, 0.25) is 0 Å². The number of aryl methyl sites for hydroxylation is 1. The molecule has 3 aromatic rings. The number of imidazole rings is 1. The Balaban J connectivity index is 1.84. The highest BCUT2D eigenvalue weighted by molar-refractivity contribution is 7.99. The van der Waals surface area contributed by atoms with Gasteiger partial charge in [0.1, 0.15) is 0 Å². The van der Waals surface area contributed by atoms with Crippen molar-refractivity contribution in [1.29, 1.82) is 0 Å². The van der Waals surface area contributed by atoms with Crippen LogP contribution < -0.4 is 0 Å². The molecule has 0 amide bonds. The molecule has 0 atom stereocenters. The molecule has 0 fully saturated rings. The molecule has 0 aliphatic heterocycles. The van der Waals surface area contributed by atoms with Gasteiger partial charge in [0, 0.05) is 25.5 Å². The largest absolute Gasteiger partial charge is 0.287 e. The second-order valence-corrected chi connectivity index (χ2v) is 9.72. The monoisotopic (exact) mass is 389 g/mol. The maximum absolute atomic E-state index is 11.9. The molecule has 2 aromatic carbocycles. The molecule has 138 valence electrons. The van der Waals surface area contributed by atoms with Crippen LogP contribution in [0.4, 0.5) is 0 Å². The molecule has 26 heavy (non-hydrogen) atoms. The summed E-state index contributed by atoms with van der Waals surface area (Å²) < 4.78 is 27.2. The quantitative estimate of drug-likeness (QED) is 0.457. The summed E-state index contributed by atoms with van der Waals surface area (Å²) >= 11 is 1.59.